The molecule has 2 saturated heterocycles. The molecule has 6 rings (SSSR count). The normalized spacial score (nSPS) is 19.7. The molecule has 2 atom stereocenters. The number of likely N-dealkylation sites (N-methyl/N-ethyl adjacent to an activating group) is 1. The van der Waals surface area contributed by atoms with E-state index in [2.05, 4.69) is 31.2 Å². The first-order valence-corrected chi connectivity index (χ1v) is 14.3. The number of aromatic nitrogens is 4. The second-order valence-corrected chi connectivity index (χ2v) is 11.2. The summed E-state index contributed by atoms with van der Waals surface area (Å²) in [6.07, 6.45) is -2.90. The Balaban J connectivity index is 1.59. The highest BCUT2D eigenvalue weighted by Crippen LogP contribution is 2.35. The molecule has 0 unspecified atom stereocenters. The maximum Gasteiger partial charge on any atom is 0.450 e. The van der Waals surface area contributed by atoms with Crippen molar-refractivity contribution in [2.24, 2.45) is 0 Å². The molecule has 0 aliphatic carbocycles. The van der Waals surface area contributed by atoms with Gasteiger partial charge >= 0.3 is 12.2 Å². The van der Waals surface area contributed by atoms with Crippen LogP contribution in [0.4, 0.5) is 19.0 Å². The second-order valence-electron chi connectivity index (χ2n) is 10.8. The molecule has 10 nitrogen and oxygen atoms in total. The Bertz CT molecular complexity index is 1790. The van der Waals surface area contributed by atoms with Crippen molar-refractivity contribution in [1.82, 2.24) is 29.7 Å². The molecule has 2 aromatic heterocycles. The summed E-state index contributed by atoms with van der Waals surface area (Å²) in [5.74, 6) is -1.37. The number of hydrogen-bond donors (Lipinski definition) is 1. The third kappa shape index (κ3) is 5.58. The number of hydrogen-bond acceptors (Lipinski definition) is 9. The molecule has 4 aromatic rings. The minimum atomic E-state index is -5.01. The summed E-state index contributed by atoms with van der Waals surface area (Å²) in [5, 5.41) is 13.5. The lowest BCUT2D eigenvalue weighted by Crippen LogP contribution is -2.51. The van der Waals surface area contributed by atoms with Crippen molar-refractivity contribution in [1.29, 1.82) is 5.26 Å². The molecule has 0 saturated carbocycles. The quantitative estimate of drug-likeness (QED) is 0.343. The second kappa shape index (κ2) is 11.6. The number of likely N-dealkylation sites (tertiary alicyclic amines) is 1. The third-order valence-electron chi connectivity index (χ3n) is 7.98. The summed E-state index contributed by atoms with van der Waals surface area (Å²) >= 11 is 6.45. The van der Waals surface area contributed by atoms with Gasteiger partial charge in [0, 0.05) is 37.1 Å². The van der Waals surface area contributed by atoms with E-state index >= 15 is 0 Å². The highest BCUT2D eigenvalue weighted by Gasteiger charge is 2.39. The van der Waals surface area contributed by atoms with Crippen molar-refractivity contribution >= 4 is 39.2 Å². The lowest BCUT2D eigenvalue weighted by atomic mass is 10.1. The number of nitrogens with one attached hydrogen (secondary N) is 1. The van der Waals surface area contributed by atoms with E-state index in [4.69, 9.17) is 16.3 Å². The molecule has 0 bridgehead atoms. The van der Waals surface area contributed by atoms with E-state index < -0.39 is 17.6 Å². The van der Waals surface area contributed by atoms with Gasteiger partial charge in [0.2, 0.25) is 5.82 Å². The first kappa shape index (κ1) is 29.1. The Morgan fingerprint density at radius 2 is 1.93 bits per heavy atom. The summed E-state index contributed by atoms with van der Waals surface area (Å²) in [5.41, 5.74) is -1.70. The van der Waals surface area contributed by atoms with Crippen molar-refractivity contribution < 1.29 is 17.9 Å². The van der Waals surface area contributed by atoms with Gasteiger partial charge in [-0.2, -0.15) is 28.4 Å². The molecule has 2 fully saturated rings. The van der Waals surface area contributed by atoms with Crippen molar-refractivity contribution in [3.8, 4) is 17.8 Å². The minimum absolute atomic E-state index is 0.0509. The number of alkyl halides is 3. The fourth-order valence-corrected chi connectivity index (χ4v) is 6.10. The lowest BCUT2D eigenvalue weighted by molar-refractivity contribution is -0.146. The maximum absolute atomic E-state index is 14.7. The average molecular weight is 613 g/mol. The zero-order chi connectivity index (χ0) is 30.3. The highest BCUT2D eigenvalue weighted by atomic mass is 35.5. The Morgan fingerprint density at radius 3 is 2.65 bits per heavy atom. The number of nitrogens with zero attached hydrogens (tertiary/aromatic N) is 7. The number of nitriles is 1. The van der Waals surface area contributed by atoms with Gasteiger partial charge in [0.25, 0.3) is 5.56 Å². The molecule has 4 heterocycles. The number of ether oxygens (including phenoxy) is 1. The van der Waals surface area contributed by atoms with E-state index in [1.807, 2.05) is 7.05 Å². The minimum Gasteiger partial charge on any atom is -0.462 e. The molecular weight excluding hydrogens is 585 g/mol. The van der Waals surface area contributed by atoms with Crippen LogP contribution in [0.15, 0.2) is 41.2 Å². The van der Waals surface area contributed by atoms with Gasteiger partial charge in [-0.15, -0.1) is 0 Å². The van der Waals surface area contributed by atoms with Gasteiger partial charge in [0.1, 0.15) is 12.1 Å². The molecule has 2 aliphatic heterocycles. The van der Waals surface area contributed by atoms with Gasteiger partial charge < -0.3 is 19.9 Å². The van der Waals surface area contributed by atoms with Gasteiger partial charge in [-0.1, -0.05) is 35.9 Å². The number of piperazine rings is 1. The number of anilines is 1. The van der Waals surface area contributed by atoms with Crippen molar-refractivity contribution in [3.05, 3.63) is 57.6 Å². The summed E-state index contributed by atoms with van der Waals surface area (Å²) in [6, 6.07) is 11.4. The van der Waals surface area contributed by atoms with Crippen LogP contribution in [0, 0.1) is 11.3 Å². The Labute approximate surface area is 249 Å². The van der Waals surface area contributed by atoms with Gasteiger partial charge in [-0.3, -0.25) is 9.36 Å². The number of halogens is 4. The SMILES string of the molecule is CN1CCC[C@H]1COc1nc(N2CCN[C@@H](CC#N)C2)c2nc(C(F)(F)F)n(-c3cccc4cccc(Cl)c34)c(=O)c2n1. The van der Waals surface area contributed by atoms with Crippen LogP contribution >= 0.6 is 11.6 Å². The Morgan fingerprint density at radius 1 is 1.14 bits per heavy atom. The highest BCUT2D eigenvalue weighted by molar-refractivity contribution is 6.36. The first-order chi connectivity index (χ1) is 20.7. The molecule has 1 N–H and O–H groups in total. The first-order valence-electron chi connectivity index (χ1n) is 13.9. The molecular formula is C29H28ClF3N8O2. The maximum atomic E-state index is 14.7. The van der Waals surface area contributed by atoms with Crippen LogP contribution in [0.25, 0.3) is 27.5 Å². The van der Waals surface area contributed by atoms with Crippen LogP contribution in [0.1, 0.15) is 25.1 Å². The predicted molar refractivity (Wildman–Crippen MR) is 156 cm³/mol. The van der Waals surface area contributed by atoms with E-state index in [1.165, 1.54) is 6.07 Å². The number of rotatable bonds is 6. The fourth-order valence-electron chi connectivity index (χ4n) is 5.82. The zero-order valence-electron chi connectivity index (χ0n) is 23.2. The average Bonchev–Trinajstić information content (AvgIpc) is 3.40. The van der Waals surface area contributed by atoms with E-state index in [-0.39, 0.29) is 70.6 Å². The van der Waals surface area contributed by atoms with E-state index in [1.54, 1.807) is 35.2 Å². The third-order valence-corrected chi connectivity index (χ3v) is 8.29. The van der Waals surface area contributed by atoms with E-state index in [0.29, 0.717) is 23.0 Å². The van der Waals surface area contributed by atoms with Crippen molar-refractivity contribution in [3.63, 3.8) is 0 Å². The summed E-state index contributed by atoms with van der Waals surface area (Å²) < 4.78 is 50.6. The predicted octanol–water partition coefficient (Wildman–Crippen LogP) is 4.17. The summed E-state index contributed by atoms with van der Waals surface area (Å²) in [7, 11) is 1.99. The van der Waals surface area contributed by atoms with Gasteiger partial charge in [0.05, 0.1) is 23.2 Å². The Hall–Kier alpha value is -3.99. The Kier molecular flexibility index (Phi) is 7.85. The molecule has 0 amide bonds. The van der Waals surface area contributed by atoms with Crippen molar-refractivity contribution in [2.75, 3.05) is 44.7 Å². The zero-order valence-corrected chi connectivity index (χ0v) is 24.0. The number of fused-ring (bicyclic) bond motifs is 2. The van der Waals surface area contributed by atoms with Crippen LogP contribution in [-0.2, 0) is 6.18 Å². The van der Waals surface area contributed by atoms with Gasteiger partial charge in [-0.05, 0) is 44.0 Å². The molecule has 2 aromatic carbocycles. The molecule has 43 heavy (non-hydrogen) atoms. The van der Waals surface area contributed by atoms with E-state index in [9.17, 15) is 23.2 Å². The van der Waals surface area contributed by atoms with Crippen LogP contribution in [0.5, 0.6) is 6.01 Å². The molecule has 14 heteroatoms. The van der Waals surface area contributed by atoms with Gasteiger partial charge in [0.15, 0.2) is 11.3 Å². The fraction of sp³-hybridized carbons (Fsp3) is 0.414. The molecule has 0 spiro atoms. The molecule has 224 valence electrons. The smallest absolute Gasteiger partial charge is 0.450 e. The van der Waals surface area contributed by atoms with Crippen LogP contribution in [0.3, 0.4) is 0 Å². The van der Waals surface area contributed by atoms with Crippen LogP contribution in [0.2, 0.25) is 5.02 Å². The van der Waals surface area contributed by atoms with Gasteiger partial charge in [-0.25, -0.2) is 4.98 Å². The molecule has 2 aliphatic rings. The summed E-state index contributed by atoms with van der Waals surface area (Å²) in [6.45, 7) is 2.26. The molecule has 0 radical (unpaired) electrons. The van der Waals surface area contributed by atoms with Crippen molar-refractivity contribution in [2.45, 2.75) is 37.5 Å². The lowest BCUT2D eigenvalue weighted by Gasteiger charge is -2.34. The largest absolute Gasteiger partial charge is 0.462 e. The topological polar surface area (TPSA) is 112 Å². The van der Waals surface area contributed by atoms with E-state index in [0.717, 1.165) is 19.4 Å². The summed E-state index contributed by atoms with van der Waals surface area (Å²) in [4.78, 5) is 30.9. The number of benzene rings is 2. The monoisotopic (exact) mass is 612 g/mol. The van der Waals surface area contributed by atoms with Crippen LogP contribution in [-0.4, -0.2) is 76.3 Å². The van der Waals surface area contributed by atoms with Crippen LogP contribution < -0.4 is 20.5 Å². The standard InChI is InChI=1S/C29H28ClF3N8O2/c1-39-13-4-7-19(39)16-43-28-37-24-23(25(38-28)40-14-12-35-18(15-40)10-11-34)36-27(29(31,32)33)41(26(24)42)21-9-3-6-17-5-2-8-20(30)22(17)21/h2-3,5-6,8-9,18-19,35H,4,7,10,12-16H2,1H3/t18-,19-/m0/s1.